The number of carbonyl (C=O) groups is 1. The Morgan fingerprint density at radius 2 is 1.82 bits per heavy atom. The lowest BCUT2D eigenvalue weighted by Gasteiger charge is -2.23. The summed E-state index contributed by atoms with van der Waals surface area (Å²) in [6.45, 7) is 2.49. The second kappa shape index (κ2) is 8.42. The summed E-state index contributed by atoms with van der Waals surface area (Å²) in [5, 5.41) is 4.07. The number of hydrogen-bond acceptors (Lipinski definition) is 3. The Morgan fingerprint density at radius 1 is 1.07 bits per heavy atom. The Morgan fingerprint density at radius 3 is 2.61 bits per heavy atom. The zero-order valence-electron chi connectivity index (χ0n) is 16.3. The summed E-state index contributed by atoms with van der Waals surface area (Å²) >= 11 is 0. The van der Waals surface area contributed by atoms with E-state index in [0.29, 0.717) is 18.1 Å². The Kier molecular flexibility index (Phi) is 5.56. The molecule has 28 heavy (non-hydrogen) atoms. The molecule has 0 unspecified atom stereocenters. The Bertz CT molecular complexity index is 960. The first-order valence-corrected chi connectivity index (χ1v) is 10.1. The van der Waals surface area contributed by atoms with Crippen molar-refractivity contribution in [3.8, 4) is 5.88 Å². The van der Waals surface area contributed by atoms with Crippen LogP contribution in [0.4, 0.5) is 0 Å². The largest absolute Gasteiger partial charge is 0.473 e. The van der Waals surface area contributed by atoms with Crippen LogP contribution in [0.1, 0.15) is 53.6 Å². The zero-order valence-corrected chi connectivity index (χ0v) is 16.3. The molecule has 0 spiro atoms. The van der Waals surface area contributed by atoms with Crippen molar-refractivity contribution >= 4 is 16.8 Å². The van der Waals surface area contributed by atoms with Crippen LogP contribution in [0.2, 0.25) is 0 Å². The average molecular weight is 374 g/mol. The van der Waals surface area contributed by atoms with E-state index in [0.717, 1.165) is 29.3 Å². The maximum atomic E-state index is 13.0. The highest BCUT2D eigenvalue weighted by atomic mass is 16.5. The number of nitrogens with zero attached hydrogens (tertiary/aromatic N) is 1. The van der Waals surface area contributed by atoms with Crippen molar-refractivity contribution in [3.05, 3.63) is 71.3 Å². The second-order valence-electron chi connectivity index (χ2n) is 7.61. The van der Waals surface area contributed by atoms with Gasteiger partial charge >= 0.3 is 0 Å². The minimum absolute atomic E-state index is 0.0364. The standard InChI is InChI=1S/C24H26N2O2/c1-17-11-13-18(14-12-17)16-28-23-15-21(20-9-5-6-10-22(20)26-23)24(27)25-19-7-3-2-4-8-19/h5-6,9-15,19H,2-4,7-8,16H2,1H3,(H,25,27). The number of para-hydroxylation sites is 1. The van der Waals surface area contributed by atoms with Gasteiger partial charge in [-0.05, 0) is 31.4 Å². The van der Waals surface area contributed by atoms with Crippen LogP contribution in [0.25, 0.3) is 10.9 Å². The number of aromatic nitrogens is 1. The number of rotatable bonds is 5. The molecular weight excluding hydrogens is 348 g/mol. The molecule has 4 rings (SSSR count). The monoisotopic (exact) mass is 374 g/mol. The predicted octanol–water partition coefficient (Wildman–Crippen LogP) is 5.18. The van der Waals surface area contributed by atoms with Crippen LogP contribution in [0, 0.1) is 6.92 Å². The number of hydrogen-bond donors (Lipinski definition) is 1. The summed E-state index contributed by atoms with van der Waals surface area (Å²) in [7, 11) is 0. The van der Waals surface area contributed by atoms with Crippen molar-refractivity contribution in [2.24, 2.45) is 0 Å². The van der Waals surface area contributed by atoms with Crippen LogP contribution in [0.15, 0.2) is 54.6 Å². The van der Waals surface area contributed by atoms with Crippen molar-refractivity contribution < 1.29 is 9.53 Å². The highest BCUT2D eigenvalue weighted by Gasteiger charge is 2.19. The van der Waals surface area contributed by atoms with Gasteiger partial charge in [-0.15, -0.1) is 0 Å². The highest BCUT2D eigenvalue weighted by Crippen LogP contribution is 2.24. The lowest BCUT2D eigenvalue weighted by Crippen LogP contribution is -2.36. The predicted molar refractivity (Wildman–Crippen MR) is 112 cm³/mol. The molecule has 0 radical (unpaired) electrons. The molecule has 0 aliphatic heterocycles. The van der Waals surface area contributed by atoms with E-state index < -0.39 is 0 Å². The Hall–Kier alpha value is -2.88. The van der Waals surface area contributed by atoms with E-state index in [1.807, 2.05) is 36.4 Å². The molecule has 0 bridgehead atoms. The number of nitrogens with one attached hydrogen (secondary N) is 1. The first kappa shape index (κ1) is 18.5. The number of fused-ring (bicyclic) bond motifs is 1. The van der Waals surface area contributed by atoms with Crippen molar-refractivity contribution in [1.29, 1.82) is 0 Å². The van der Waals surface area contributed by atoms with Crippen LogP contribution in [0.3, 0.4) is 0 Å². The molecule has 1 amide bonds. The maximum Gasteiger partial charge on any atom is 0.252 e. The summed E-state index contributed by atoms with van der Waals surface area (Å²) < 4.78 is 5.93. The van der Waals surface area contributed by atoms with Gasteiger partial charge in [0, 0.05) is 17.5 Å². The fraction of sp³-hybridized carbons (Fsp3) is 0.333. The molecule has 1 fully saturated rings. The molecule has 1 aliphatic carbocycles. The molecule has 2 aromatic carbocycles. The van der Waals surface area contributed by atoms with Gasteiger partial charge in [0.1, 0.15) is 6.61 Å². The average Bonchev–Trinajstić information content (AvgIpc) is 2.73. The van der Waals surface area contributed by atoms with Gasteiger partial charge in [0.15, 0.2) is 0 Å². The first-order valence-electron chi connectivity index (χ1n) is 10.1. The lowest BCUT2D eigenvalue weighted by molar-refractivity contribution is 0.0929. The Balaban J connectivity index is 1.57. The minimum atomic E-state index is -0.0364. The van der Waals surface area contributed by atoms with E-state index in [1.165, 1.54) is 24.8 Å². The third-order valence-corrected chi connectivity index (χ3v) is 5.39. The van der Waals surface area contributed by atoms with Crippen molar-refractivity contribution in [3.63, 3.8) is 0 Å². The molecule has 1 aliphatic rings. The van der Waals surface area contributed by atoms with E-state index >= 15 is 0 Å². The molecule has 4 nitrogen and oxygen atoms in total. The van der Waals surface area contributed by atoms with Gasteiger partial charge in [0.2, 0.25) is 5.88 Å². The number of aryl methyl sites for hydroxylation is 1. The summed E-state index contributed by atoms with van der Waals surface area (Å²) in [6, 6.07) is 18.0. The van der Waals surface area contributed by atoms with E-state index in [4.69, 9.17) is 4.74 Å². The van der Waals surface area contributed by atoms with Crippen molar-refractivity contribution in [2.75, 3.05) is 0 Å². The summed E-state index contributed by atoms with van der Waals surface area (Å²) in [5.74, 6) is 0.443. The SMILES string of the molecule is Cc1ccc(COc2cc(C(=O)NC3CCCCC3)c3ccccc3n2)cc1. The molecule has 0 atom stereocenters. The van der Waals surface area contributed by atoms with E-state index in [2.05, 4.69) is 29.4 Å². The number of amides is 1. The number of benzene rings is 2. The van der Waals surface area contributed by atoms with E-state index in [-0.39, 0.29) is 11.9 Å². The smallest absolute Gasteiger partial charge is 0.252 e. The normalized spacial score (nSPS) is 14.8. The van der Waals surface area contributed by atoms with Gasteiger partial charge in [0.25, 0.3) is 5.91 Å². The molecule has 1 aromatic heterocycles. The number of pyridine rings is 1. The summed E-state index contributed by atoms with van der Waals surface area (Å²) in [6.07, 6.45) is 5.76. The van der Waals surface area contributed by atoms with E-state index in [9.17, 15) is 4.79 Å². The van der Waals surface area contributed by atoms with Crippen molar-refractivity contribution in [1.82, 2.24) is 10.3 Å². The molecule has 1 heterocycles. The molecular formula is C24H26N2O2. The maximum absolute atomic E-state index is 13.0. The fourth-order valence-electron chi connectivity index (χ4n) is 3.76. The molecule has 4 heteroatoms. The van der Waals surface area contributed by atoms with Gasteiger partial charge < -0.3 is 10.1 Å². The summed E-state index contributed by atoms with van der Waals surface area (Å²) in [4.78, 5) is 17.6. The molecule has 1 saturated carbocycles. The van der Waals surface area contributed by atoms with Gasteiger partial charge in [-0.1, -0.05) is 67.3 Å². The minimum Gasteiger partial charge on any atom is -0.473 e. The molecule has 3 aromatic rings. The topological polar surface area (TPSA) is 51.2 Å². The van der Waals surface area contributed by atoms with Crippen LogP contribution in [-0.2, 0) is 6.61 Å². The quantitative estimate of drug-likeness (QED) is 0.669. The van der Waals surface area contributed by atoms with Gasteiger partial charge in [0.05, 0.1) is 11.1 Å². The number of ether oxygens (including phenoxy) is 1. The molecule has 1 N–H and O–H groups in total. The van der Waals surface area contributed by atoms with Gasteiger partial charge in [-0.3, -0.25) is 4.79 Å². The molecule has 0 saturated heterocycles. The zero-order chi connectivity index (χ0) is 19.3. The van der Waals surface area contributed by atoms with Gasteiger partial charge in [-0.25, -0.2) is 4.98 Å². The highest BCUT2D eigenvalue weighted by molar-refractivity contribution is 6.06. The van der Waals surface area contributed by atoms with Crippen LogP contribution in [0.5, 0.6) is 5.88 Å². The first-order chi connectivity index (χ1) is 13.7. The van der Waals surface area contributed by atoms with Crippen LogP contribution < -0.4 is 10.1 Å². The second-order valence-corrected chi connectivity index (χ2v) is 7.61. The number of carbonyl (C=O) groups excluding carboxylic acids is 1. The third kappa shape index (κ3) is 4.33. The summed E-state index contributed by atoms with van der Waals surface area (Å²) in [5.41, 5.74) is 3.70. The van der Waals surface area contributed by atoms with Crippen LogP contribution >= 0.6 is 0 Å². The van der Waals surface area contributed by atoms with Crippen LogP contribution in [-0.4, -0.2) is 16.9 Å². The van der Waals surface area contributed by atoms with Gasteiger partial charge in [-0.2, -0.15) is 0 Å². The van der Waals surface area contributed by atoms with E-state index in [1.54, 1.807) is 6.07 Å². The third-order valence-electron chi connectivity index (χ3n) is 5.39. The van der Waals surface area contributed by atoms with Crippen molar-refractivity contribution in [2.45, 2.75) is 51.7 Å². The lowest BCUT2D eigenvalue weighted by atomic mass is 9.95. The fourth-order valence-corrected chi connectivity index (χ4v) is 3.76. The Labute approximate surface area is 165 Å². The molecule has 144 valence electrons.